The normalized spacial score (nSPS) is 18.8. The molecule has 1 unspecified atom stereocenters. The van der Waals surface area contributed by atoms with Crippen molar-refractivity contribution in [3.05, 3.63) is 69.8 Å². The van der Waals surface area contributed by atoms with Crippen LogP contribution in [0.1, 0.15) is 72.8 Å². The van der Waals surface area contributed by atoms with Crippen molar-refractivity contribution in [2.45, 2.75) is 52.4 Å². The zero-order valence-electron chi connectivity index (χ0n) is 18.9. The second kappa shape index (κ2) is 7.45. The molecule has 3 aromatic rings. The Labute approximate surface area is 183 Å². The molecule has 0 saturated carbocycles. The first-order valence-corrected chi connectivity index (χ1v) is 10.6. The maximum Gasteiger partial charge on any atom is 0.258 e. The van der Waals surface area contributed by atoms with Crippen LogP contribution >= 0.6 is 0 Å². The first-order chi connectivity index (χ1) is 14.6. The third-order valence-electron chi connectivity index (χ3n) is 7.17. The molecule has 0 bridgehead atoms. The van der Waals surface area contributed by atoms with E-state index < -0.39 is 0 Å². The smallest absolute Gasteiger partial charge is 0.258 e. The summed E-state index contributed by atoms with van der Waals surface area (Å²) in [5.74, 6) is 0.532. The lowest BCUT2D eigenvalue weighted by Gasteiger charge is -2.32. The van der Waals surface area contributed by atoms with Crippen molar-refractivity contribution in [2.75, 3.05) is 5.32 Å². The third-order valence-corrected chi connectivity index (χ3v) is 7.17. The number of carbonyl (C=O) groups is 1. The van der Waals surface area contributed by atoms with E-state index in [4.69, 9.17) is 0 Å². The Morgan fingerprint density at radius 2 is 1.68 bits per heavy atom. The van der Waals surface area contributed by atoms with Crippen molar-refractivity contribution in [2.24, 2.45) is 5.92 Å². The molecule has 0 aliphatic heterocycles. The van der Waals surface area contributed by atoms with E-state index in [1.165, 1.54) is 22.3 Å². The average molecular weight is 416 g/mol. The van der Waals surface area contributed by atoms with Crippen LogP contribution in [0.4, 0.5) is 5.95 Å². The van der Waals surface area contributed by atoms with Crippen LogP contribution in [0.3, 0.4) is 0 Å². The van der Waals surface area contributed by atoms with Gasteiger partial charge in [-0.3, -0.25) is 10.1 Å². The SMILES string of the molecule is Cc1cc2c(cc1/C=C/c1ccc(C(=O)Nc3nnn[nH]3)cc1)C(C)(C)C(C)C2(C)C. The van der Waals surface area contributed by atoms with E-state index in [1.54, 1.807) is 12.1 Å². The van der Waals surface area contributed by atoms with Crippen molar-refractivity contribution in [3.8, 4) is 0 Å². The fraction of sp³-hybridized carbons (Fsp3) is 0.360. The molecule has 1 aliphatic carbocycles. The number of hydrogen-bond donors (Lipinski definition) is 2. The molecule has 0 spiro atoms. The lowest BCUT2D eigenvalue weighted by Crippen LogP contribution is -2.30. The Morgan fingerprint density at radius 3 is 2.29 bits per heavy atom. The highest BCUT2D eigenvalue weighted by Crippen LogP contribution is 2.54. The fourth-order valence-corrected chi connectivity index (χ4v) is 4.66. The van der Waals surface area contributed by atoms with Crippen LogP contribution in [0.25, 0.3) is 12.2 Å². The summed E-state index contributed by atoms with van der Waals surface area (Å²) in [4.78, 5) is 12.3. The van der Waals surface area contributed by atoms with E-state index in [1.807, 2.05) is 12.1 Å². The standard InChI is InChI=1S/C25H29N5O/c1-15-13-20-21(25(5,6)16(2)24(20,3)4)14-19(15)12-9-17-7-10-18(11-8-17)22(31)26-23-27-29-30-28-23/h7-14,16H,1-6H3,(H2,26,27,28,29,30,31)/b12-9+. The molecule has 1 heterocycles. The molecule has 1 aliphatic rings. The number of fused-ring (bicyclic) bond motifs is 1. The molecular weight excluding hydrogens is 386 g/mol. The Balaban J connectivity index is 1.56. The molecule has 4 rings (SSSR count). The summed E-state index contributed by atoms with van der Waals surface area (Å²) in [5, 5.41) is 15.7. The minimum atomic E-state index is -0.262. The minimum Gasteiger partial charge on any atom is -0.289 e. The number of aromatic amines is 1. The van der Waals surface area contributed by atoms with Crippen LogP contribution in [0.2, 0.25) is 0 Å². The summed E-state index contributed by atoms with van der Waals surface area (Å²) in [6, 6.07) is 12.2. The van der Waals surface area contributed by atoms with Crippen LogP contribution < -0.4 is 5.32 Å². The van der Waals surface area contributed by atoms with Gasteiger partial charge in [0.1, 0.15) is 0 Å². The molecule has 6 nitrogen and oxygen atoms in total. The second-order valence-electron chi connectivity index (χ2n) is 9.58. The number of anilines is 1. The lowest BCUT2D eigenvalue weighted by atomic mass is 9.71. The van der Waals surface area contributed by atoms with Crippen molar-refractivity contribution in [1.82, 2.24) is 20.6 Å². The summed E-state index contributed by atoms with van der Waals surface area (Å²) in [7, 11) is 0. The monoisotopic (exact) mass is 415 g/mol. The van der Waals surface area contributed by atoms with Gasteiger partial charge in [0.05, 0.1) is 0 Å². The molecule has 1 atom stereocenters. The van der Waals surface area contributed by atoms with Gasteiger partial charge in [-0.2, -0.15) is 0 Å². The van der Waals surface area contributed by atoms with Crippen molar-refractivity contribution in [1.29, 1.82) is 0 Å². The van der Waals surface area contributed by atoms with E-state index >= 15 is 0 Å². The van der Waals surface area contributed by atoms with E-state index in [0.29, 0.717) is 11.5 Å². The number of rotatable bonds is 4. The van der Waals surface area contributed by atoms with Gasteiger partial charge < -0.3 is 0 Å². The summed E-state index contributed by atoms with van der Waals surface area (Å²) in [5.41, 5.74) is 7.32. The molecule has 0 radical (unpaired) electrons. The molecule has 0 fully saturated rings. The average Bonchev–Trinajstić information content (AvgIpc) is 3.28. The van der Waals surface area contributed by atoms with Gasteiger partial charge in [-0.25, -0.2) is 5.10 Å². The largest absolute Gasteiger partial charge is 0.289 e. The van der Waals surface area contributed by atoms with E-state index in [0.717, 1.165) is 5.56 Å². The number of H-pyrrole nitrogens is 1. The molecule has 2 N–H and O–H groups in total. The quantitative estimate of drug-likeness (QED) is 0.578. The first-order valence-electron chi connectivity index (χ1n) is 10.6. The van der Waals surface area contributed by atoms with E-state index in [-0.39, 0.29) is 22.7 Å². The number of carbonyl (C=O) groups excluding carboxylic acids is 1. The molecule has 2 aromatic carbocycles. The van der Waals surface area contributed by atoms with Gasteiger partial charge in [-0.05, 0) is 74.0 Å². The molecule has 31 heavy (non-hydrogen) atoms. The first kappa shape index (κ1) is 21.0. The van der Waals surface area contributed by atoms with Gasteiger partial charge in [0.25, 0.3) is 5.91 Å². The highest BCUT2D eigenvalue weighted by Gasteiger charge is 2.48. The van der Waals surface area contributed by atoms with Gasteiger partial charge in [0, 0.05) is 5.56 Å². The third kappa shape index (κ3) is 3.67. The Morgan fingerprint density at radius 1 is 1.03 bits per heavy atom. The number of tetrazole rings is 1. The molecule has 160 valence electrons. The second-order valence-corrected chi connectivity index (χ2v) is 9.58. The Kier molecular flexibility index (Phi) is 5.04. The highest BCUT2D eigenvalue weighted by atomic mass is 16.1. The lowest BCUT2D eigenvalue weighted by molar-refractivity contribution is 0.102. The van der Waals surface area contributed by atoms with Crippen LogP contribution in [-0.4, -0.2) is 26.5 Å². The maximum absolute atomic E-state index is 12.3. The predicted molar refractivity (Wildman–Crippen MR) is 124 cm³/mol. The van der Waals surface area contributed by atoms with Crippen molar-refractivity contribution in [3.63, 3.8) is 0 Å². The van der Waals surface area contributed by atoms with E-state index in [2.05, 4.69) is 91.8 Å². The summed E-state index contributed by atoms with van der Waals surface area (Å²) in [6.45, 7) is 14.0. The van der Waals surface area contributed by atoms with Gasteiger partial charge >= 0.3 is 0 Å². The van der Waals surface area contributed by atoms with Gasteiger partial charge in [0.15, 0.2) is 0 Å². The molecule has 1 aromatic heterocycles. The van der Waals surface area contributed by atoms with Crippen LogP contribution in [-0.2, 0) is 10.8 Å². The molecule has 0 saturated heterocycles. The maximum atomic E-state index is 12.3. The van der Waals surface area contributed by atoms with Crippen LogP contribution in [0, 0.1) is 12.8 Å². The van der Waals surface area contributed by atoms with Crippen LogP contribution in [0.5, 0.6) is 0 Å². The highest BCUT2D eigenvalue weighted by molar-refractivity contribution is 6.03. The number of nitrogens with zero attached hydrogens (tertiary/aromatic N) is 3. The van der Waals surface area contributed by atoms with Crippen molar-refractivity contribution >= 4 is 24.0 Å². The molecular formula is C25H29N5O. The van der Waals surface area contributed by atoms with Gasteiger partial charge in [0.2, 0.25) is 5.95 Å². The number of benzene rings is 2. The number of nitrogens with one attached hydrogen (secondary N) is 2. The van der Waals surface area contributed by atoms with E-state index in [9.17, 15) is 4.79 Å². The topological polar surface area (TPSA) is 83.6 Å². The zero-order valence-corrected chi connectivity index (χ0v) is 18.9. The minimum absolute atomic E-state index is 0.142. The number of aromatic nitrogens is 4. The fourth-order valence-electron chi connectivity index (χ4n) is 4.66. The summed E-state index contributed by atoms with van der Waals surface area (Å²) < 4.78 is 0. The van der Waals surface area contributed by atoms with Crippen LogP contribution in [0.15, 0.2) is 36.4 Å². The zero-order chi connectivity index (χ0) is 22.4. The number of hydrogen-bond acceptors (Lipinski definition) is 4. The number of amides is 1. The Hall–Kier alpha value is -3.28. The summed E-state index contributed by atoms with van der Waals surface area (Å²) in [6.07, 6.45) is 4.25. The number of aryl methyl sites for hydroxylation is 1. The summed E-state index contributed by atoms with van der Waals surface area (Å²) >= 11 is 0. The van der Waals surface area contributed by atoms with Crippen molar-refractivity contribution < 1.29 is 4.79 Å². The van der Waals surface area contributed by atoms with Gasteiger partial charge in [-0.1, -0.05) is 76.1 Å². The predicted octanol–water partition coefficient (Wildman–Crippen LogP) is 5.14. The van der Waals surface area contributed by atoms with Gasteiger partial charge in [-0.15, -0.1) is 0 Å². The molecule has 1 amide bonds. The Bertz CT molecular complexity index is 1140. The molecule has 6 heteroatoms.